The Hall–Kier alpha value is -2.90. The normalized spacial score (nSPS) is 11.3. The summed E-state index contributed by atoms with van der Waals surface area (Å²) in [6, 6.07) is 9.98. The topological polar surface area (TPSA) is 87.4 Å². The first kappa shape index (κ1) is 19.4. The molecule has 0 radical (unpaired) electrons. The van der Waals surface area contributed by atoms with Crippen molar-refractivity contribution in [2.75, 3.05) is 19.6 Å². The average molecular weight is 357 g/mol. The minimum absolute atomic E-state index is 0.0283. The van der Waals surface area contributed by atoms with Crippen molar-refractivity contribution < 1.29 is 4.79 Å². The summed E-state index contributed by atoms with van der Waals surface area (Å²) in [7, 11) is 1.82. The molecule has 0 aliphatic heterocycles. The number of aromatic nitrogens is 3. The van der Waals surface area contributed by atoms with Crippen LogP contribution in [0.3, 0.4) is 0 Å². The summed E-state index contributed by atoms with van der Waals surface area (Å²) in [6.07, 6.45) is 1.50. The number of aryl methyl sites for hydroxylation is 1. The van der Waals surface area contributed by atoms with Crippen LogP contribution in [0.2, 0.25) is 0 Å². The van der Waals surface area contributed by atoms with Crippen molar-refractivity contribution in [1.29, 1.82) is 0 Å². The van der Waals surface area contributed by atoms with Crippen LogP contribution < -0.4 is 10.6 Å². The monoisotopic (exact) mass is 357 g/mol. The van der Waals surface area contributed by atoms with Crippen LogP contribution >= 0.6 is 0 Å². The largest absolute Gasteiger partial charge is 0.357 e. The first-order valence-electron chi connectivity index (χ1n) is 8.80. The van der Waals surface area contributed by atoms with Gasteiger partial charge in [0.15, 0.2) is 5.96 Å². The maximum absolute atomic E-state index is 12.5. The van der Waals surface area contributed by atoms with Crippen LogP contribution in [0.25, 0.3) is 0 Å². The molecular weight excluding hydrogens is 330 g/mol. The minimum Gasteiger partial charge on any atom is -0.357 e. The lowest BCUT2D eigenvalue weighted by Gasteiger charge is -2.22. The Morgan fingerprint density at radius 2 is 2.00 bits per heavy atom. The van der Waals surface area contributed by atoms with Gasteiger partial charge in [-0.2, -0.15) is 5.10 Å². The van der Waals surface area contributed by atoms with E-state index in [-0.39, 0.29) is 12.5 Å². The molecule has 26 heavy (non-hydrogen) atoms. The molecule has 0 spiro atoms. The number of amides is 1. The highest BCUT2D eigenvalue weighted by Gasteiger charge is 2.12. The van der Waals surface area contributed by atoms with Gasteiger partial charge in [0.05, 0.1) is 6.54 Å². The third-order valence-corrected chi connectivity index (χ3v) is 3.89. The van der Waals surface area contributed by atoms with E-state index in [1.54, 1.807) is 4.68 Å². The summed E-state index contributed by atoms with van der Waals surface area (Å²) in [4.78, 5) is 22.9. The Balaban J connectivity index is 1.91. The van der Waals surface area contributed by atoms with E-state index in [9.17, 15) is 4.79 Å². The van der Waals surface area contributed by atoms with E-state index in [1.807, 2.05) is 56.1 Å². The maximum atomic E-state index is 12.5. The zero-order valence-corrected chi connectivity index (χ0v) is 15.6. The van der Waals surface area contributed by atoms with E-state index in [2.05, 4.69) is 25.7 Å². The first-order chi connectivity index (χ1) is 12.6. The fourth-order valence-electron chi connectivity index (χ4n) is 2.41. The van der Waals surface area contributed by atoms with E-state index in [0.717, 1.165) is 11.4 Å². The zero-order valence-electron chi connectivity index (χ0n) is 15.6. The molecule has 8 heteroatoms. The van der Waals surface area contributed by atoms with Crippen molar-refractivity contribution in [2.45, 2.75) is 26.9 Å². The second-order valence-electron chi connectivity index (χ2n) is 5.74. The number of carbonyl (C=O) groups excluding carboxylic acids is 1. The molecular formula is C18H27N7O. The van der Waals surface area contributed by atoms with Crippen LogP contribution in [0.4, 0.5) is 0 Å². The molecule has 0 fully saturated rings. The second kappa shape index (κ2) is 10.2. The van der Waals surface area contributed by atoms with Gasteiger partial charge in [0, 0.05) is 26.7 Å². The molecule has 0 saturated carbocycles. The van der Waals surface area contributed by atoms with E-state index in [0.29, 0.717) is 32.1 Å². The Morgan fingerprint density at radius 3 is 2.62 bits per heavy atom. The fraction of sp³-hybridized carbons (Fsp3) is 0.444. The summed E-state index contributed by atoms with van der Waals surface area (Å²) in [6.45, 7) is 6.50. The SMILES string of the molecule is CCNC(=NCc1ncnn1C)NCC(=O)N(CC)Cc1ccccc1. The number of benzene rings is 1. The molecule has 0 aliphatic carbocycles. The van der Waals surface area contributed by atoms with Gasteiger partial charge in [0.2, 0.25) is 5.91 Å². The molecule has 1 aromatic carbocycles. The van der Waals surface area contributed by atoms with Gasteiger partial charge in [-0.25, -0.2) is 9.98 Å². The number of nitrogens with zero attached hydrogens (tertiary/aromatic N) is 5. The molecule has 1 heterocycles. The standard InChI is InChI=1S/C18H27N7O/c1-4-19-18(20-11-16-22-14-23-24(16)3)21-12-17(26)25(5-2)13-15-9-7-6-8-10-15/h6-10,14H,4-5,11-13H2,1-3H3,(H2,19,20,21). The molecule has 1 amide bonds. The third-order valence-electron chi connectivity index (χ3n) is 3.89. The van der Waals surface area contributed by atoms with Crippen molar-refractivity contribution in [3.8, 4) is 0 Å². The molecule has 2 N–H and O–H groups in total. The lowest BCUT2D eigenvalue weighted by molar-refractivity contribution is -0.130. The number of nitrogens with one attached hydrogen (secondary N) is 2. The van der Waals surface area contributed by atoms with Crippen molar-refractivity contribution >= 4 is 11.9 Å². The van der Waals surface area contributed by atoms with Crippen LogP contribution in [-0.2, 0) is 24.9 Å². The lowest BCUT2D eigenvalue weighted by atomic mass is 10.2. The van der Waals surface area contributed by atoms with Crippen LogP contribution in [0.1, 0.15) is 25.2 Å². The smallest absolute Gasteiger partial charge is 0.242 e. The quantitative estimate of drug-likeness (QED) is 0.542. The number of carbonyl (C=O) groups is 1. The summed E-state index contributed by atoms with van der Waals surface area (Å²) in [5.74, 6) is 1.37. The zero-order chi connectivity index (χ0) is 18.8. The van der Waals surface area contributed by atoms with Gasteiger partial charge in [0.25, 0.3) is 0 Å². The number of likely N-dealkylation sites (N-methyl/N-ethyl adjacent to an activating group) is 1. The third kappa shape index (κ3) is 5.87. The van der Waals surface area contributed by atoms with Crippen molar-refractivity contribution in [1.82, 2.24) is 30.3 Å². The van der Waals surface area contributed by atoms with E-state index in [4.69, 9.17) is 0 Å². The average Bonchev–Trinajstić information content (AvgIpc) is 3.07. The summed E-state index contributed by atoms with van der Waals surface area (Å²) in [5, 5.41) is 10.3. The molecule has 2 aromatic rings. The molecule has 140 valence electrons. The second-order valence-corrected chi connectivity index (χ2v) is 5.74. The van der Waals surface area contributed by atoms with Gasteiger partial charge in [-0.3, -0.25) is 9.48 Å². The van der Waals surface area contributed by atoms with Gasteiger partial charge in [-0.1, -0.05) is 30.3 Å². The number of hydrogen-bond acceptors (Lipinski definition) is 4. The van der Waals surface area contributed by atoms with Gasteiger partial charge in [-0.15, -0.1) is 0 Å². The molecule has 0 aliphatic rings. The fourth-order valence-corrected chi connectivity index (χ4v) is 2.41. The predicted molar refractivity (Wildman–Crippen MR) is 101 cm³/mol. The molecule has 0 unspecified atom stereocenters. The van der Waals surface area contributed by atoms with E-state index in [1.165, 1.54) is 6.33 Å². The van der Waals surface area contributed by atoms with Crippen LogP contribution in [-0.4, -0.2) is 51.2 Å². The molecule has 0 bridgehead atoms. The van der Waals surface area contributed by atoms with E-state index >= 15 is 0 Å². The first-order valence-corrected chi connectivity index (χ1v) is 8.80. The highest BCUT2D eigenvalue weighted by molar-refractivity contribution is 5.86. The minimum atomic E-state index is 0.0283. The Labute approximate surface area is 154 Å². The highest BCUT2D eigenvalue weighted by atomic mass is 16.2. The van der Waals surface area contributed by atoms with E-state index < -0.39 is 0 Å². The van der Waals surface area contributed by atoms with Crippen molar-refractivity contribution in [3.63, 3.8) is 0 Å². The maximum Gasteiger partial charge on any atom is 0.242 e. The van der Waals surface area contributed by atoms with Crippen molar-refractivity contribution in [2.24, 2.45) is 12.0 Å². The molecule has 0 atom stereocenters. The molecule has 1 aromatic heterocycles. The number of aliphatic imine (C=N–C) groups is 1. The molecule has 8 nitrogen and oxygen atoms in total. The number of rotatable bonds is 8. The van der Waals surface area contributed by atoms with Gasteiger partial charge in [0.1, 0.15) is 18.7 Å². The predicted octanol–water partition coefficient (Wildman–Crippen LogP) is 0.919. The Bertz CT molecular complexity index is 711. The molecule has 2 rings (SSSR count). The number of guanidine groups is 1. The Morgan fingerprint density at radius 1 is 1.23 bits per heavy atom. The highest BCUT2D eigenvalue weighted by Crippen LogP contribution is 2.04. The lowest BCUT2D eigenvalue weighted by Crippen LogP contribution is -2.44. The van der Waals surface area contributed by atoms with Crippen molar-refractivity contribution in [3.05, 3.63) is 48.0 Å². The Kier molecular flexibility index (Phi) is 7.60. The van der Waals surface area contributed by atoms with Crippen LogP contribution in [0, 0.1) is 0 Å². The summed E-state index contributed by atoms with van der Waals surface area (Å²) in [5.41, 5.74) is 1.12. The van der Waals surface area contributed by atoms with Crippen LogP contribution in [0.15, 0.2) is 41.7 Å². The van der Waals surface area contributed by atoms with Gasteiger partial charge >= 0.3 is 0 Å². The van der Waals surface area contributed by atoms with Crippen LogP contribution in [0.5, 0.6) is 0 Å². The summed E-state index contributed by atoms with van der Waals surface area (Å²) >= 11 is 0. The molecule has 0 saturated heterocycles. The van der Waals surface area contributed by atoms with Gasteiger partial charge in [-0.05, 0) is 19.4 Å². The number of hydrogen-bond donors (Lipinski definition) is 2. The summed E-state index contributed by atoms with van der Waals surface area (Å²) < 4.78 is 1.68. The van der Waals surface area contributed by atoms with Gasteiger partial charge < -0.3 is 15.5 Å².